The molecule has 1 N–H and O–H groups in total. The first kappa shape index (κ1) is 29.7. The Bertz CT molecular complexity index is 930. The van der Waals surface area contributed by atoms with Crippen LogP contribution in [0.3, 0.4) is 0 Å². The van der Waals surface area contributed by atoms with E-state index in [0.717, 1.165) is 26.4 Å². The quantitative estimate of drug-likeness (QED) is 0.230. The van der Waals surface area contributed by atoms with Crippen molar-refractivity contribution < 1.29 is 5.11 Å². The highest BCUT2D eigenvalue weighted by Gasteiger charge is 2.47. The maximum Gasteiger partial charge on any atom is 0.132 e. The predicted molar refractivity (Wildman–Crippen MR) is 178 cm³/mol. The van der Waals surface area contributed by atoms with E-state index in [-0.39, 0.29) is 10.8 Å². The van der Waals surface area contributed by atoms with E-state index in [9.17, 15) is 5.11 Å². The van der Waals surface area contributed by atoms with Crippen molar-refractivity contribution in [1.29, 1.82) is 0 Å². The van der Waals surface area contributed by atoms with Gasteiger partial charge in [-0.2, -0.15) is 0 Å². The number of phenols is 1. The van der Waals surface area contributed by atoms with Gasteiger partial charge < -0.3 is 5.11 Å². The van der Waals surface area contributed by atoms with Crippen molar-refractivity contribution in [1.82, 2.24) is 0 Å². The second-order valence-corrected chi connectivity index (χ2v) is 16.0. The SMILES string of the molecule is CC1(C)[C@H](CC[C@@]2(C)[C@H](Cc3cc(Br)cc(I)c3O)/C(=C/I)CC[C@@H]2Br)/C(=C/I)CC[C@@H]1Br. The van der Waals surface area contributed by atoms with Crippen LogP contribution in [0.15, 0.2) is 35.9 Å². The molecule has 184 valence electrons. The molecule has 0 saturated heterocycles. The molecule has 2 fully saturated rings. The highest BCUT2D eigenvalue weighted by atomic mass is 127. The summed E-state index contributed by atoms with van der Waals surface area (Å²) in [6, 6.07) is 4.10. The van der Waals surface area contributed by atoms with Crippen LogP contribution in [-0.2, 0) is 6.42 Å². The highest BCUT2D eigenvalue weighted by molar-refractivity contribution is 14.1. The number of aromatic hydroxyl groups is 1. The molecule has 7 heteroatoms. The second kappa shape index (κ2) is 12.3. The third-order valence-electron chi connectivity index (χ3n) is 8.27. The molecule has 2 aliphatic rings. The van der Waals surface area contributed by atoms with Gasteiger partial charge in [0.15, 0.2) is 0 Å². The number of phenolic OH excluding ortho intramolecular Hbond substituents is 1. The van der Waals surface area contributed by atoms with Gasteiger partial charge in [0, 0.05) is 14.1 Å². The fourth-order valence-electron chi connectivity index (χ4n) is 5.94. The predicted octanol–water partition coefficient (Wildman–Crippen LogP) is 11.1. The smallest absolute Gasteiger partial charge is 0.132 e. The fourth-order valence-corrected chi connectivity index (χ4v) is 10.4. The van der Waals surface area contributed by atoms with Crippen LogP contribution in [0.25, 0.3) is 0 Å². The molecule has 0 spiro atoms. The highest BCUT2D eigenvalue weighted by Crippen LogP contribution is 2.56. The van der Waals surface area contributed by atoms with Crippen LogP contribution in [0.4, 0.5) is 0 Å². The topological polar surface area (TPSA) is 20.2 Å². The molecule has 0 aromatic heterocycles. The summed E-state index contributed by atoms with van der Waals surface area (Å²) < 4.78 is 6.62. The Hall–Kier alpha value is 2.13. The molecule has 1 aromatic rings. The van der Waals surface area contributed by atoms with Crippen LogP contribution in [0.5, 0.6) is 5.75 Å². The molecule has 1 aromatic carbocycles. The molecule has 0 aliphatic heterocycles. The molecule has 5 atom stereocenters. The maximum absolute atomic E-state index is 10.9. The lowest BCUT2D eigenvalue weighted by Gasteiger charge is -2.50. The van der Waals surface area contributed by atoms with E-state index in [1.165, 1.54) is 37.7 Å². The lowest BCUT2D eigenvalue weighted by molar-refractivity contribution is 0.118. The lowest BCUT2D eigenvalue weighted by atomic mass is 9.58. The Morgan fingerprint density at radius 1 is 1.00 bits per heavy atom. The zero-order valence-electron chi connectivity index (χ0n) is 19.3. The first-order chi connectivity index (χ1) is 15.4. The summed E-state index contributed by atoms with van der Waals surface area (Å²) in [6.45, 7) is 7.38. The fraction of sp³-hybridized carbons (Fsp3) is 0.615. The summed E-state index contributed by atoms with van der Waals surface area (Å²) in [5.41, 5.74) is 4.59. The summed E-state index contributed by atoms with van der Waals surface area (Å²) in [7, 11) is 0. The van der Waals surface area contributed by atoms with Gasteiger partial charge in [0.25, 0.3) is 0 Å². The van der Waals surface area contributed by atoms with Crippen molar-refractivity contribution in [2.45, 2.75) is 75.4 Å². The van der Waals surface area contributed by atoms with Crippen LogP contribution in [-0.4, -0.2) is 14.8 Å². The molecule has 0 bridgehead atoms. The standard InChI is InChI=1S/C26H32Br3I3O/c1-25(2)19(15(13-30)4-6-22(25)28)8-9-26(3)20(16(14-31)5-7-23(26)29)11-17-10-18(27)12-21(32)24(17)33/h10,12-14,19-20,22-23,33H,4-9,11H2,1-3H3/b15-13+,16-14+/t19-,20-,22+,23+,26+/m1/s1. The maximum atomic E-state index is 10.9. The molecule has 2 saturated carbocycles. The summed E-state index contributed by atoms with van der Waals surface area (Å²) in [4.78, 5) is 1.04. The zero-order chi connectivity index (χ0) is 24.6. The Labute approximate surface area is 266 Å². The van der Waals surface area contributed by atoms with Gasteiger partial charge in [-0.1, -0.05) is 125 Å². The van der Waals surface area contributed by atoms with Crippen molar-refractivity contribution in [3.63, 3.8) is 0 Å². The molecular weight excluding hydrogens is 949 g/mol. The minimum absolute atomic E-state index is 0.126. The summed E-state index contributed by atoms with van der Waals surface area (Å²) in [5.74, 6) is 1.44. The molecule has 33 heavy (non-hydrogen) atoms. The average Bonchev–Trinajstić information content (AvgIpc) is 2.76. The molecule has 0 radical (unpaired) electrons. The van der Waals surface area contributed by atoms with Crippen molar-refractivity contribution in [2.75, 3.05) is 0 Å². The second-order valence-electron chi connectivity index (χ2n) is 10.5. The third kappa shape index (κ3) is 6.41. The number of rotatable bonds is 5. The molecular formula is C26H32Br3I3O. The van der Waals surface area contributed by atoms with Gasteiger partial charge in [-0.3, -0.25) is 0 Å². The Morgan fingerprint density at radius 2 is 1.58 bits per heavy atom. The van der Waals surface area contributed by atoms with Gasteiger partial charge in [0.1, 0.15) is 5.75 Å². The number of hydrogen-bond donors (Lipinski definition) is 1. The van der Waals surface area contributed by atoms with Crippen LogP contribution in [0, 0.1) is 26.2 Å². The van der Waals surface area contributed by atoms with Gasteiger partial charge in [-0.25, -0.2) is 0 Å². The average molecular weight is 981 g/mol. The van der Waals surface area contributed by atoms with Crippen molar-refractivity contribution in [2.24, 2.45) is 22.7 Å². The number of halogens is 6. The molecule has 0 heterocycles. The van der Waals surface area contributed by atoms with E-state index >= 15 is 0 Å². The van der Waals surface area contributed by atoms with Crippen LogP contribution in [0.2, 0.25) is 0 Å². The zero-order valence-corrected chi connectivity index (χ0v) is 30.5. The van der Waals surface area contributed by atoms with E-state index in [1.54, 1.807) is 5.57 Å². The number of allylic oxidation sites excluding steroid dienone is 2. The summed E-state index contributed by atoms with van der Waals surface area (Å²) in [6.07, 6.45) is 7.98. The van der Waals surface area contributed by atoms with Gasteiger partial charge in [0.05, 0.1) is 3.57 Å². The number of alkyl halides is 2. The summed E-state index contributed by atoms with van der Waals surface area (Å²) >= 11 is 18.9. The number of benzene rings is 1. The van der Waals surface area contributed by atoms with Gasteiger partial charge in [-0.05, 0) is 116 Å². The Kier molecular flexibility index (Phi) is 11.1. The first-order valence-electron chi connectivity index (χ1n) is 11.5. The van der Waals surface area contributed by atoms with E-state index in [4.69, 9.17) is 0 Å². The van der Waals surface area contributed by atoms with E-state index in [0.29, 0.717) is 27.2 Å². The van der Waals surface area contributed by atoms with E-state index in [1.807, 2.05) is 6.07 Å². The lowest BCUT2D eigenvalue weighted by Crippen LogP contribution is -2.44. The largest absolute Gasteiger partial charge is 0.507 e. The molecule has 2 aliphatic carbocycles. The third-order valence-corrected chi connectivity index (χ3v) is 14.3. The van der Waals surface area contributed by atoms with Gasteiger partial charge in [-0.15, -0.1) is 0 Å². The van der Waals surface area contributed by atoms with Gasteiger partial charge in [0.2, 0.25) is 0 Å². The van der Waals surface area contributed by atoms with Crippen molar-refractivity contribution >= 4 is 116 Å². The van der Waals surface area contributed by atoms with Crippen molar-refractivity contribution in [3.05, 3.63) is 45.1 Å². The molecule has 0 amide bonds. The normalized spacial score (nSPS) is 34.7. The van der Waals surface area contributed by atoms with Gasteiger partial charge >= 0.3 is 0 Å². The van der Waals surface area contributed by atoms with E-state index in [2.05, 4.69) is 151 Å². The number of hydrogen-bond acceptors (Lipinski definition) is 1. The Balaban J connectivity index is 1.94. The molecule has 3 rings (SSSR count). The Morgan fingerprint density at radius 3 is 2.18 bits per heavy atom. The monoisotopic (exact) mass is 978 g/mol. The van der Waals surface area contributed by atoms with Crippen LogP contribution in [0.1, 0.15) is 64.9 Å². The molecule has 0 unspecified atom stereocenters. The minimum atomic E-state index is 0.126. The van der Waals surface area contributed by atoms with Crippen LogP contribution < -0.4 is 0 Å². The van der Waals surface area contributed by atoms with Crippen LogP contribution >= 0.6 is 116 Å². The minimum Gasteiger partial charge on any atom is -0.507 e. The summed E-state index contributed by atoms with van der Waals surface area (Å²) in [5, 5.41) is 10.9. The molecule has 1 nitrogen and oxygen atoms in total. The van der Waals surface area contributed by atoms with Crippen molar-refractivity contribution in [3.8, 4) is 5.75 Å². The van der Waals surface area contributed by atoms with E-state index < -0.39 is 0 Å². The first-order valence-corrected chi connectivity index (χ1v) is 17.7.